The van der Waals surface area contributed by atoms with E-state index in [-0.39, 0.29) is 16.6 Å². The highest BCUT2D eigenvalue weighted by atomic mass is 16.1. The van der Waals surface area contributed by atoms with Gasteiger partial charge in [-0.05, 0) is 97.7 Å². The van der Waals surface area contributed by atoms with Crippen molar-refractivity contribution in [1.82, 2.24) is 0 Å². The summed E-state index contributed by atoms with van der Waals surface area (Å²) in [5.74, 6) is -0.0472. The molecule has 8 rings (SSSR count). The van der Waals surface area contributed by atoms with Crippen LogP contribution in [-0.4, -0.2) is 5.78 Å². The van der Waals surface area contributed by atoms with Crippen molar-refractivity contribution in [3.8, 4) is 22.3 Å². The van der Waals surface area contributed by atoms with Gasteiger partial charge in [0.05, 0.1) is 16.8 Å². The molecule has 0 saturated heterocycles. The van der Waals surface area contributed by atoms with Crippen LogP contribution in [0, 0.1) is 0 Å². The van der Waals surface area contributed by atoms with E-state index in [9.17, 15) is 4.79 Å². The van der Waals surface area contributed by atoms with Crippen molar-refractivity contribution >= 4 is 22.8 Å². The van der Waals surface area contributed by atoms with Crippen molar-refractivity contribution < 1.29 is 4.79 Å². The van der Waals surface area contributed by atoms with Crippen LogP contribution >= 0.6 is 0 Å². The van der Waals surface area contributed by atoms with Crippen LogP contribution in [0.2, 0.25) is 0 Å². The summed E-state index contributed by atoms with van der Waals surface area (Å²) in [5, 5.41) is 0. The smallest absolute Gasteiger partial charge is 0.192 e. The van der Waals surface area contributed by atoms with E-state index in [1.807, 2.05) is 24.3 Å². The Labute approximate surface area is 327 Å². The van der Waals surface area contributed by atoms with Crippen LogP contribution in [0.1, 0.15) is 86.1 Å². The first-order valence-electron chi connectivity index (χ1n) is 19.4. The summed E-state index contributed by atoms with van der Waals surface area (Å²) in [7, 11) is 0. The number of anilines is 3. The predicted octanol–water partition coefficient (Wildman–Crippen LogP) is 14.0. The number of allylic oxidation sites excluding steroid dienone is 5. The van der Waals surface area contributed by atoms with Crippen LogP contribution < -0.4 is 4.90 Å². The van der Waals surface area contributed by atoms with E-state index < -0.39 is 5.41 Å². The second-order valence-electron chi connectivity index (χ2n) is 17.1. The molecule has 0 atom stereocenters. The highest BCUT2D eigenvalue weighted by Crippen LogP contribution is 2.59. The lowest BCUT2D eigenvalue weighted by Crippen LogP contribution is -2.38. The Balaban J connectivity index is 1.53. The number of Topliss-reactive ketones (excluding diaryl/α,β-unsaturated/α-hetero) is 1. The molecule has 0 N–H and O–H groups in total. The minimum absolute atomic E-state index is 0.0472. The van der Waals surface area contributed by atoms with Gasteiger partial charge in [0.15, 0.2) is 5.78 Å². The van der Waals surface area contributed by atoms with Gasteiger partial charge >= 0.3 is 0 Å². The molecule has 0 aromatic heterocycles. The molecule has 1 aliphatic heterocycles. The lowest BCUT2D eigenvalue weighted by Gasteiger charge is -2.47. The normalized spacial score (nSPS) is 16.2. The SMILES string of the molecule is C=C1/C=C\C=C/CC2(c3ccccc3C1=O)c1cc(C(C)(C)C)ccc1N(c1cc(-c3ccccc3)cc(-c3ccccc3)c1)c1ccc(C(C)(C)C)cc12. The van der Waals surface area contributed by atoms with Gasteiger partial charge in [-0.2, -0.15) is 0 Å². The molecule has 0 radical (unpaired) electrons. The summed E-state index contributed by atoms with van der Waals surface area (Å²) in [6, 6.07) is 50.7. The third-order valence-corrected chi connectivity index (χ3v) is 11.4. The number of nitrogens with zero attached hydrogens (tertiary/aromatic N) is 1. The summed E-state index contributed by atoms with van der Waals surface area (Å²) in [6.07, 6.45) is 8.81. The van der Waals surface area contributed by atoms with Gasteiger partial charge in [-0.25, -0.2) is 0 Å². The van der Waals surface area contributed by atoms with Crippen LogP contribution in [0.25, 0.3) is 22.3 Å². The zero-order chi connectivity index (χ0) is 38.5. The predicted molar refractivity (Wildman–Crippen MR) is 232 cm³/mol. The maximum Gasteiger partial charge on any atom is 0.192 e. The third-order valence-electron chi connectivity index (χ3n) is 11.4. The van der Waals surface area contributed by atoms with Crippen molar-refractivity contribution in [2.24, 2.45) is 0 Å². The van der Waals surface area contributed by atoms with Crippen molar-refractivity contribution in [3.63, 3.8) is 0 Å². The molecule has 2 heteroatoms. The van der Waals surface area contributed by atoms with Crippen LogP contribution in [0.4, 0.5) is 17.1 Å². The molecule has 0 bridgehead atoms. The number of ketones is 1. The highest BCUT2D eigenvalue weighted by Gasteiger charge is 2.47. The van der Waals surface area contributed by atoms with Crippen molar-refractivity contribution in [3.05, 3.63) is 209 Å². The Hall–Kier alpha value is -5.99. The molecular formula is C53H49NO. The fraction of sp³-hybridized carbons (Fsp3) is 0.189. The molecule has 6 aromatic carbocycles. The van der Waals surface area contributed by atoms with Gasteiger partial charge in [0.25, 0.3) is 0 Å². The van der Waals surface area contributed by atoms with Gasteiger partial charge < -0.3 is 4.90 Å². The Bertz CT molecular complexity index is 2380. The Morgan fingerprint density at radius 3 is 1.58 bits per heavy atom. The lowest BCUT2D eigenvalue weighted by atomic mass is 9.61. The molecule has 1 aliphatic carbocycles. The van der Waals surface area contributed by atoms with E-state index >= 15 is 0 Å². The monoisotopic (exact) mass is 715 g/mol. The van der Waals surface area contributed by atoms with Crippen LogP contribution in [-0.2, 0) is 16.2 Å². The van der Waals surface area contributed by atoms with E-state index in [1.165, 1.54) is 33.4 Å². The number of carbonyl (C=O) groups is 1. The van der Waals surface area contributed by atoms with E-state index in [4.69, 9.17) is 0 Å². The molecule has 55 heavy (non-hydrogen) atoms. The lowest BCUT2D eigenvalue weighted by molar-refractivity contribution is 0.103. The van der Waals surface area contributed by atoms with E-state index in [0.717, 1.165) is 33.8 Å². The van der Waals surface area contributed by atoms with Crippen molar-refractivity contribution in [1.29, 1.82) is 0 Å². The quantitative estimate of drug-likeness (QED) is 0.170. The first-order valence-corrected chi connectivity index (χ1v) is 19.4. The van der Waals surface area contributed by atoms with Crippen molar-refractivity contribution in [2.75, 3.05) is 4.90 Å². The minimum Gasteiger partial charge on any atom is -0.310 e. The van der Waals surface area contributed by atoms with Crippen molar-refractivity contribution in [2.45, 2.75) is 64.2 Å². The molecule has 0 fully saturated rings. The number of fused-ring (bicyclic) bond motifs is 6. The summed E-state index contributed by atoms with van der Waals surface area (Å²) in [5.41, 5.74) is 14.1. The number of benzene rings is 6. The van der Waals surface area contributed by atoms with Gasteiger partial charge in [0.1, 0.15) is 0 Å². The molecule has 2 aliphatic rings. The first-order chi connectivity index (χ1) is 26.4. The van der Waals surface area contributed by atoms with E-state index in [1.54, 1.807) is 0 Å². The summed E-state index contributed by atoms with van der Waals surface area (Å²) in [6.45, 7) is 17.9. The second kappa shape index (κ2) is 13.7. The molecule has 1 spiro atoms. The van der Waals surface area contributed by atoms with Gasteiger partial charge in [-0.3, -0.25) is 4.79 Å². The standard InChI is InChI=1S/C53H49NO/c1-36-19-11-10-18-30-53(45-25-17-16-24-44(45)50(36)55)46-34-41(51(2,3)4)26-28-48(46)54(49-29-27-42(35-47(49)53)52(5,6)7)43-32-39(37-20-12-8-13-21-37)31-40(33-43)38-22-14-9-15-23-38/h8-29,31-35H,1,30H2,2-7H3/b18-10-,19-11-. The molecule has 0 unspecified atom stereocenters. The number of carbonyl (C=O) groups excluding carboxylic acids is 1. The molecule has 1 heterocycles. The maximum absolute atomic E-state index is 14.4. The summed E-state index contributed by atoms with van der Waals surface area (Å²) < 4.78 is 0. The molecular weight excluding hydrogens is 667 g/mol. The largest absolute Gasteiger partial charge is 0.310 e. The first kappa shape index (κ1) is 36.0. The fourth-order valence-corrected chi connectivity index (χ4v) is 8.38. The zero-order valence-corrected chi connectivity index (χ0v) is 32.9. The molecule has 272 valence electrons. The Morgan fingerprint density at radius 1 is 0.545 bits per heavy atom. The van der Waals surface area contributed by atoms with Crippen LogP contribution in [0.5, 0.6) is 0 Å². The number of rotatable bonds is 3. The summed E-state index contributed by atoms with van der Waals surface area (Å²) >= 11 is 0. The van der Waals surface area contributed by atoms with Gasteiger partial charge in [0.2, 0.25) is 0 Å². The Morgan fingerprint density at radius 2 is 1.05 bits per heavy atom. The molecule has 2 nitrogen and oxygen atoms in total. The average Bonchev–Trinajstić information content (AvgIpc) is 3.19. The average molecular weight is 716 g/mol. The number of hydrogen-bond donors (Lipinski definition) is 0. The maximum atomic E-state index is 14.4. The van der Waals surface area contributed by atoms with Gasteiger partial charge in [0, 0.05) is 16.8 Å². The summed E-state index contributed by atoms with van der Waals surface area (Å²) in [4.78, 5) is 16.9. The van der Waals surface area contributed by atoms with Gasteiger partial charge in [-0.1, -0.05) is 182 Å². The molecule has 6 aromatic rings. The fourth-order valence-electron chi connectivity index (χ4n) is 8.38. The Kier molecular flexibility index (Phi) is 8.97. The van der Waals surface area contributed by atoms with E-state index in [2.05, 4.69) is 193 Å². The molecule has 0 saturated carbocycles. The van der Waals surface area contributed by atoms with E-state index in [0.29, 0.717) is 17.6 Å². The molecule has 0 amide bonds. The topological polar surface area (TPSA) is 20.3 Å². The number of hydrogen-bond acceptors (Lipinski definition) is 2. The second-order valence-corrected chi connectivity index (χ2v) is 17.1. The highest BCUT2D eigenvalue weighted by molar-refractivity contribution is 6.11. The zero-order valence-electron chi connectivity index (χ0n) is 32.9. The van der Waals surface area contributed by atoms with Crippen LogP contribution in [0.3, 0.4) is 0 Å². The van der Waals surface area contributed by atoms with Crippen LogP contribution in [0.15, 0.2) is 176 Å². The third kappa shape index (κ3) is 6.40. The van der Waals surface area contributed by atoms with Gasteiger partial charge in [-0.15, -0.1) is 0 Å². The minimum atomic E-state index is -0.697.